The quantitative estimate of drug-likeness (QED) is 0.332. The Kier molecular flexibility index (Phi) is 5.97. The highest BCUT2D eigenvalue weighted by Gasteiger charge is 2.47. The van der Waals surface area contributed by atoms with Crippen molar-refractivity contribution in [2.24, 2.45) is 0 Å². The fraction of sp³-hybridized carbons (Fsp3) is 0.160. The number of rotatable bonds is 5. The average Bonchev–Trinajstić information content (AvgIpc) is 3.05. The number of ether oxygens (including phenoxy) is 1. The lowest BCUT2D eigenvalue weighted by atomic mass is 9.95. The first-order chi connectivity index (χ1) is 15.4. The lowest BCUT2D eigenvalue weighted by Crippen LogP contribution is -2.30. The monoisotopic (exact) mass is 448 g/mol. The Hall–Kier alpha value is -3.64. The van der Waals surface area contributed by atoms with Crippen LogP contribution in [0.25, 0.3) is 5.76 Å². The standard InChI is InChI=1S/C25H21ClN2O4/c1-15(2)32-19-11-9-16(10-12-19)23(29)21-22(17-6-5-7-18(26)14-17)28(25(31)24(21)30)20-8-3-4-13-27-20/h3-15,22,29H,1-2H3/t22-/m1/s1. The van der Waals surface area contributed by atoms with Crippen molar-refractivity contribution in [1.82, 2.24) is 4.98 Å². The van der Waals surface area contributed by atoms with Gasteiger partial charge in [0.05, 0.1) is 17.7 Å². The van der Waals surface area contributed by atoms with Crippen LogP contribution >= 0.6 is 11.6 Å². The number of aromatic nitrogens is 1. The van der Waals surface area contributed by atoms with Crippen LogP contribution in [0.3, 0.4) is 0 Å². The lowest BCUT2D eigenvalue weighted by molar-refractivity contribution is -0.132. The summed E-state index contributed by atoms with van der Waals surface area (Å²) >= 11 is 6.20. The molecule has 2 heterocycles. The molecule has 0 bridgehead atoms. The topological polar surface area (TPSA) is 79.7 Å². The van der Waals surface area contributed by atoms with E-state index >= 15 is 0 Å². The van der Waals surface area contributed by atoms with Gasteiger partial charge in [-0.1, -0.05) is 29.8 Å². The van der Waals surface area contributed by atoms with Gasteiger partial charge in [-0.25, -0.2) is 4.98 Å². The van der Waals surface area contributed by atoms with Crippen molar-refractivity contribution in [3.05, 3.63) is 94.6 Å². The van der Waals surface area contributed by atoms with Gasteiger partial charge in [0.2, 0.25) is 0 Å². The molecule has 162 valence electrons. The second kappa shape index (κ2) is 8.85. The van der Waals surface area contributed by atoms with Crippen molar-refractivity contribution >= 4 is 34.9 Å². The molecule has 1 aliphatic heterocycles. The summed E-state index contributed by atoms with van der Waals surface area (Å²) in [6, 6.07) is 17.8. The van der Waals surface area contributed by atoms with Crippen molar-refractivity contribution in [3.8, 4) is 5.75 Å². The summed E-state index contributed by atoms with van der Waals surface area (Å²) in [6.07, 6.45) is 1.54. The van der Waals surface area contributed by atoms with Crippen molar-refractivity contribution in [2.75, 3.05) is 4.90 Å². The number of aliphatic hydroxyl groups excluding tert-OH is 1. The van der Waals surface area contributed by atoms with Gasteiger partial charge >= 0.3 is 5.91 Å². The predicted octanol–water partition coefficient (Wildman–Crippen LogP) is 5.15. The molecule has 1 fully saturated rings. The number of halogens is 1. The maximum atomic E-state index is 13.1. The van der Waals surface area contributed by atoms with Gasteiger partial charge in [0.1, 0.15) is 17.3 Å². The summed E-state index contributed by atoms with van der Waals surface area (Å²) in [6.45, 7) is 3.83. The van der Waals surface area contributed by atoms with Crippen molar-refractivity contribution in [3.63, 3.8) is 0 Å². The zero-order valence-electron chi connectivity index (χ0n) is 17.5. The minimum atomic E-state index is -0.879. The zero-order chi connectivity index (χ0) is 22.8. The SMILES string of the molecule is CC(C)Oc1ccc(C(O)=C2C(=O)C(=O)N(c3ccccn3)[C@@H]2c2cccc(Cl)c2)cc1. The number of pyridine rings is 1. The second-order valence-corrected chi connectivity index (χ2v) is 8.04. The zero-order valence-corrected chi connectivity index (χ0v) is 18.3. The van der Waals surface area contributed by atoms with Gasteiger partial charge < -0.3 is 9.84 Å². The third-order valence-electron chi connectivity index (χ3n) is 5.00. The minimum Gasteiger partial charge on any atom is -0.507 e. The molecule has 1 N–H and O–H groups in total. The third kappa shape index (κ3) is 4.09. The summed E-state index contributed by atoms with van der Waals surface area (Å²) in [5, 5.41) is 11.6. The van der Waals surface area contributed by atoms with E-state index in [1.165, 1.54) is 11.1 Å². The Bertz CT molecular complexity index is 1190. The van der Waals surface area contributed by atoms with E-state index in [9.17, 15) is 14.7 Å². The average molecular weight is 449 g/mol. The molecule has 1 aromatic heterocycles. The number of amides is 1. The van der Waals surface area contributed by atoms with Gasteiger partial charge in [0.25, 0.3) is 5.78 Å². The van der Waals surface area contributed by atoms with E-state index in [0.717, 1.165) is 0 Å². The molecule has 2 aromatic carbocycles. The van der Waals surface area contributed by atoms with Gasteiger partial charge in [0.15, 0.2) is 0 Å². The number of nitrogens with zero attached hydrogens (tertiary/aromatic N) is 2. The first-order valence-electron chi connectivity index (χ1n) is 10.1. The van der Waals surface area contributed by atoms with E-state index < -0.39 is 17.7 Å². The second-order valence-electron chi connectivity index (χ2n) is 7.60. The first kappa shape index (κ1) is 21.6. The van der Waals surface area contributed by atoms with Gasteiger partial charge in [-0.15, -0.1) is 0 Å². The van der Waals surface area contributed by atoms with Gasteiger partial charge in [-0.2, -0.15) is 0 Å². The Labute approximate surface area is 190 Å². The highest BCUT2D eigenvalue weighted by atomic mass is 35.5. The molecule has 32 heavy (non-hydrogen) atoms. The summed E-state index contributed by atoms with van der Waals surface area (Å²) in [4.78, 5) is 31.7. The van der Waals surface area contributed by atoms with E-state index in [2.05, 4.69) is 4.98 Å². The highest BCUT2D eigenvalue weighted by Crippen LogP contribution is 2.42. The van der Waals surface area contributed by atoms with Crippen molar-refractivity contribution in [1.29, 1.82) is 0 Å². The van der Waals surface area contributed by atoms with Crippen molar-refractivity contribution in [2.45, 2.75) is 26.0 Å². The van der Waals surface area contributed by atoms with E-state index in [0.29, 0.717) is 27.7 Å². The molecule has 0 aliphatic carbocycles. The molecular formula is C25H21ClN2O4. The Balaban J connectivity index is 1.86. The lowest BCUT2D eigenvalue weighted by Gasteiger charge is -2.24. The number of hydrogen-bond donors (Lipinski definition) is 1. The van der Waals surface area contributed by atoms with E-state index in [4.69, 9.17) is 16.3 Å². The molecule has 1 aliphatic rings. The number of carbonyl (C=O) groups excluding carboxylic acids is 2. The number of benzene rings is 2. The van der Waals surface area contributed by atoms with Crippen LogP contribution in [0.5, 0.6) is 5.75 Å². The summed E-state index contributed by atoms with van der Waals surface area (Å²) < 4.78 is 5.64. The molecule has 1 atom stereocenters. The van der Waals surface area contributed by atoms with Crippen LogP contribution in [0.4, 0.5) is 5.82 Å². The van der Waals surface area contributed by atoms with Crippen LogP contribution in [0.15, 0.2) is 78.5 Å². The molecule has 3 aromatic rings. The fourth-order valence-electron chi connectivity index (χ4n) is 3.68. The smallest absolute Gasteiger partial charge is 0.301 e. The molecule has 0 spiro atoms. The molecule has 7 heteroatoms. The number of anilines is 1. The van der Waals surface area contributed by atoms with Crippen LogP contribution in [0, 0.1) is 0 Å². The number of aliphatic hydroxyl groups is 1. The summed E-state index contributed by atoms with van der Waals surface area (Å²) in [5.74, 6) is -0.894. The van der Waals surface area contributed by atoms with Crippen LogP contribution in [0.1, 0.15) is 31.0 Å². The van der Waals surface area contributed by atoms with E-state index in [1.807, 2.05) is 13.8 Å². The number of ketones is 1. The Morgan fingerprint density at radius 1 is 1.06 bits per heavy atom. The van der Waals surface area contributed by atoms with E-state index in [1.54, 1.807) is 66.7 Å². The largest absolute Gasteiger partial charge is 0.507 e. The van der Waals surface area contributed by atoms with Gasteiger partial charge in [-0.3, -0.25) is 14.5 Å². The summed E-state index contributed by atoms with van der Waals surface area (Å²) in [5.41, 5.74) is 0.955. The predicted molar refractivity (Wildman–Crippen MR) is 123 cm³/mol. The summed E-state index contributed by atoms with van der Waals surface area (Å²) in [7, 11) is 0. The highest BCUT2D eigenvalue weighted by molar-refractivity contribution is 6.51. The molecule has 1 amide bonds. The molecule has 4 rings (SSSR count). The first-order valence-corrected chi connectivity index (χ1v) is 10.5. The van der Waals surface area contributed by atoms with Crippen LogP contribution in [0.2, 0.25) is 5.02 Å². The minimum absolute atomic E-state index is 0.000901. The van der Waals surface area contributed by atoms with Gasteiger partial charge in [0, 0.05) is 16.8 Å². The van der Waals surface area contributed by atoms with Crippen molar-refractivity contribution < 1.29 is 19.4 Å². The van der Waals surface area contributed by atoms with E-state index in [-0.39, 0.29) is 17.4 Å². The number of hydrogen-bond acceptors (Lipinski definition) is 5. The van der Waals surface area contributed by atoms with Crippen LogP contribution in [-0.4, -0.2) is 27.9 Å². The fourth-order valence-corrected chi connectivity index (χ4v) is 3.87. The molecular weight excluding hydrogens is 428 g/mol. The molecule has 0 radical (unpaired) electrons. The maximum absolute atomic E-state index is 13.1. The van der Waals surface area contributed by atoms with Gasteiger partial charge in [-0.05, 0) is 67.9 Å². The normalized spacial score (nSPS) is 17.8. The number of carbonyl (C=O) groups is 2. The maximum Gasteiger partial charge on any atom is 0.301 e. The number of Topliss-reactive ketones (excluding diaryl/α,β-unsaturated/α-hetero) is 1. The Morgan fingerprint density at radius 2 is 1.81 bits per heavy atom. The molecule has 1 saturated heterocycles. The van der Waals surface area contributed by atoms with Crippen LogP contribution in [-0.2, 0) is 9.59 Å². The van der Waals surface area contributed by atoms with Crippen LogP contribution < -0.4 is 9.64 Å². The molecule has 0 unspecified atom stereocenters. The molecule has 6 nitrogen and oxygen atoms in total. The Morgan fingerprint density at radius 3 is 2.44 bits per heavy atom. The third-order valence-corrected chi connectivity index (χ3v) is 5.24. The molecule has 0 saturated carbocycles.